The monoisotopic (exact) mass is 307 g/mol. The lowest BCUT2D eigenvalue weighted by molar-refractivity contribution is 0.306. The Labute approximate surface area is 115 Å². The molecule has 0 N–H and O–H groups in total. The molecule has 2 rings (SSSR count). The van der Waals surface area contributed by atoms with E-state index < -0.39 is 0 Å². The van der Waals surface area contributed by atoms with Crippen LogP contribution in [0.15, 0.2) is 35.1 Å². The molecule has 4 nitrogen and oxygen atoms in total. The summed E-state index contributed by atoms with van der Waals surface area (Å²) in [5.41, 5.74) is 1.02. The average molecular weight is 308 g/mol. The lowest BCUT2D eigenvalue weighted by Gasteiger charge is -2.06. The molecular formula is C13H14BrN3O. The van der Waals surface area contributed by atoms with Crippen LogP contribution in [0, 0.1) is 0 Å². The number of aryl methyl sites for hydroxylation is 1. The van der Waals surface area contributed by atoms with Gasteiger partial charge in [0, 0.05) is 30.8 Å². The molecule has 18 heavy (non-hydrogen) atoms. The normalized spacial score (nSPS) is 10.3. The number of hydrogen-bond donors (Lipinski definition) is 0. The Morgan fingerprint density at radius 3 is 2.89 bits per heavy atom. The molecule has 0 atom stereocenters. The third kappa shape index (κ3) is 3.77. The third-order valence-corrected chi connectivity index (χ3v) is 2.77. The highest BCUT2D eigenvalue weighted by Crippen LogP contribution is 2.14. The fraction of sp³-hybridized carbons (Fsp3) is 0.308. The lowest BCUT2D eigenvalue weighted by atomic mass is 10.3. The second-order valence-electron chi connectivity index (χ2n) is 3.72. The van der Waals surface area contributed by atoms with Gasteiger partial charge < -0.3 is 4.74 Å². The van der Waals surface area contributed by atoms with Gasteiger partial charge in [-0.1, -0.05) is 13.0 Å². The van der Waals surface area contributed by atoms with Crippen LogP contribution < -0.4 is 4.74 Å². The third-order valence-electron chi connectivity index (χ3n) is 2.37. The van der Waals surface area contributed by atoms with E-state index in [4.69, 9.17) is 4.74 Å². The van der Waals surface area contributed by atoms with Crippen molar-refractivity contribution >= 4 is 15.9 Å². The number of ether oxygens (including phenoxy) is 1. The Morgan fingerprint density at radius 2 is 2.17 bits per heavy atom. The van der Waals surface area contributed by atoms with E-state index in [1.807, 2.05) is 25.1 Å². The highest BCUT2D eigenvalue weighted by Gasteiger charge is 2.03. The minimum atomic E-state index is 0.559. The van der Waals surface area contributed by atoms with Crippen molar-refractivity contribution in [2.75, 3.05) is 6.61 Å². The van der Waals surface area contributed by atoms with Crippen molar-refractivity contribution in [3.63, 3.8) is 0 Å². The molecule has 94 valence electrons. The standard InChI is InChI=1S/C13H14BrN3O/c1-2-12-16-11(14)9-13(17-12)18-8-6-10-5-3-4-7-15-10/h3-5,7,9H,2,6,8H2,1H3. The average Bonchev–Trinajstić information content (AvgIpc) is 2.39. The Morgan fingerprint density at radius 1 is 1.28 bits per heavy atom. The van der Waals surface area contributed by atoms with Gasteiger partial charge in [0.1, 0.15) is 10.4 Å². The molecule has 2 heterocycles. The van der Waals surface area contributed by atoms with Gasteiger partial charge in [-0.05, 0) is 28.1 Å². The first kappa shape index (κ1) is 13.0. The molecule has 0 aliphatic rings. The summed E-state index contributed by atoms with van der Waals surface area (Å²) >= 11 is 3.35. The molecular weight excluding hydrogens is 294 g/mol. The van der Waals surface area contributed by atoms with Crippen LogP contribution in [0.2, 0.25) is 0 Å². The number of aromatic nitrogens is 3. The Balaban J connectivity index is 1.92. The van der Waals surface area contributed by atoms with Crippen LogP contribution in [0.1, 0.15) is 18.4 Å². The van der Waals surface area contributed by atoms with Gasteiger partial charge in [-0.3, -0.25) is 4.98 Å². The van der Waals surface area contributed by atoms with Crippen molar-refractivity contribution in [2.24, 2.45) is 0 Å². The summed E-state index contributed by atoms with van der Waals surface area (Å²) in [6, 6.07) is 7.63. The smallest absolute Gasteiger partial charge is 0.217 e. The van der Waals surface area contributed by atoms with Gasteiger partial charge in [-0.25, -0.2) is 4.98 Å². The van der Waals surface area contributed by atoms with Crippen LogP contribution in [0.25, 0.3) is 0 Å². The predicted octanol–water partition coefficient (Wildman–Crippen LogP) is 2.82. The number of nitrogens with zero attached hydrogens (tertiary/aromatic N) is 3. The quantitative estimate of drug-likeness (QED) is 0.797. The van der Waals surface area contributed by atoms with Gasteiger partial charge in [0.05, 0.1) is 6.61 Å². The van der Waals surface area contributed by atoms with E-state index in [2.05, 4.69) is 30.9 Å². The summed E-state index contributed by atoms with van der Waals surface area (Å²) in [4.78, 5) is 12.8. The molecule has 0 saturated heterocycles. The minimum Gasteiger partial charge on any atom is -0.477 e. The summed E-state index contributed by atoms with van der Waals surface area (Å²) in [6.45, 7) is 2.57. The van der Waals surface area contributed by atoms with Crippen LogP contribution in [0.3, 0.4) is 0 Å². The van der Waals surface area contributed by atoms with E-state index >= 15 is 0 Å². The molecule has 5 heteroatoms. The Hall–Kier alpha value is -1.49. The summed E-state index contributed by atoms with van der Waals surface area (Å²) in [6.07, 6.45) is 3.34. The van der Waals surface area contributed by atoms with E-state index in [1.165, 1.54) is 0 Å². The number of rotatable bonds is 5. The van der Waals surface area contributed by atoms with Crippen molar-refractivity contribution in [3.8, 4) is 5.88 Å². The van der Waals surface area contributed by atoms with E-state index in [0.717, 1.165) is 29.0 Å². The number of hydrogen-bond acceptors (Lipinski definition) is 4. The van der Waals surface area contributed by atoms with Gasteiger partial charge in [0.15, 0.2) is 0 Å². The fourth-order valence-corrected chi connectivity index (χ4v) is 1.88. The topological polar surface area (TPSA) is 47.9 Å². The zero-order valence-electron chi connectivity index (χ0n) is 10.1. The van der Waals surface area contributed by atoms with Crippen LogP contribution >= 0.6 is 15.9 Å². The maximum atomic E-state index is 5.61. The molecule has 0 saturated carbocycles. The number of halogens is 1. The summed E-state index contributed by atoms with van der Waals surface area (Å²) in [5, 5.41) is 0. The molecule has 0 radical (unpaired) electrons. The van der Waals surface area contributed by atoms with Crippen LogP contribution in [0.4, 0.5) is 0 Å². The van der Waals surface area contributed by atoms with Crippen LogP contribution in [-0.4, -0.2) is 21.6 Å². The highest BCUT2D eigenvalue weighted by atomic mass is 79.9. The van der Waals surface area contributed by atoms with Crippen molar-refractivity contribution in [3.05, 3.63) is 46.6 Å². The van der Waals surface area contributed by atoms with Gasteiger partial charge in [-0.2, -0.15) is 4.98 Å². The molecule has 0 bridgehead atoms. The predicted molar refractivity (Wildman–Crippen MR) is 72.5 cm³/mol. The first-order valence-electron chi connectivity index (χ1n) is 5.84. The largest absolute Gasteiger partial charge is 0.477 e. The lowest BCUT2D eigenvalue weighted by Crippen LogP contribution is -2.05. The van der Waals surface area contributed by atoms with Crippen molar-refractivity contribution in [1.82, 2.24) is 15.0 Å². The molecule has 0 spiro atoms. The highest BCUT2D eigenvalue weighted by molar-refractivity contribution is 9.10. The first-order chi connectivity index (χ1) is 8.78. The molecule has 0 amide bonds. The molecule has 0 fully saturated rings. The Bertz CT molecular complexity index is 505. The maximum absolute atomic E-state index is 5.61. The van der Waals surface area contributed by atoms with Crippen LogP contribution in [-0.2, 0) is 12.8 Å². The summed E-state index contributed by atoms with van der Waals surface area (Å²) in [7, 11) is 0. The Kier molecular flexibility index (Phi) is 4.64. The maximum Gasteiger partial charge on any atom is 0.217 e. The van der Waals surface area contributed by atoms with Gasteiger partial charge in [0.25, 0.3) is 0 Å². The molecule has 0 aliphatic heterocycles. The second-order valence-corrected chi connectivity index (χ2v) is 4.53. The zero-order valence-corrected chi connectivity index (χ0v) is 11.7. The van der Waals surface area contributed by atoms with E-state index in [0.29, 0.717) is 12.5 Å². The number of pyridine rings is 1. The van der Waals surface area contributed by atoms with Crippen molar-refractivity contribution < 1.29 is 4.74 Å². The van der Waals surface area contributed by atoms with Crippen molar-refractivity contribution in [1.29, 1.82) is 0 Å². The molecule has 2 aromatic rings. The molecule has 2 aromatic heterocycles. The second kappa shape index (κ2) is 6.44. The van der Waals surface area contributed by atoms with Crippen molar-refractivity contribution in [2.45, 2.75) is 19.8 Å². The summed E-state index contributed by atoms with van der Waals surface area (Å²) < 4.78 is 6.36. The van der Waals surface area contributed by atoms with E-state index in [9.17, 15) is 0 Å². The molecule has 0 aliphatic carbocycles. The van der Waals surface area contributed by atoms with E-state index in [1.54, 1.807) is 12.3 Å². The van der Waals surface area contributed by atoms with Gasteiger partial charge >= 0.3 is 0 Å². The van der Waals surface area contributed by atoms with E-state index in [-0.39, 0.29) is 0 Å². The molecule has 0 unspecified atom stereocenters. The SMILES string of the molecule is CCc1nc(Br)cc(OCCc2ccccn2)n1. The summed E-state index contributed by atoms with van der Waals surface area (Å²) in [5.74, 6) is 1.38. The fourth-order valence-electron chi connectivity index (χ4n) is 1.48. The minimum absolute atomic E-state index is 0.559. The van der Waals surface area contributed by atoms with Crippen LogP contribution in [0.5, 0.6) is 5.88 Å². The van der Waals surface area contributed by atoms with Gasteiger partial charge in [0.2, 0.25) is 5.88 Å². The van der Waals surface area contributed by atoms with Gasteiger partial charge in [-0.15, -0.1) is 0 Å². The molecule has 0 aromatic carbocycles. The first-order valence-corrected chi connectivity index (χ1v) is 6.63. The zero-order chi connectivity index (χ0) is 12.8.